The van der Waals surface area contributed by atoms with Gasteiger partial charge in [-0.3, -0.25) is 0 Å². The summed E-state index contributed by atoms with van der Waals surface area (Å²) < 4.78 is 13.5. The van der Waals surface area contributed by atoms with Crippen LogP contribution >= 0.6 is 11.6 Å². The molecule has 1 aliphatic rings. The van der Waals surface area contributed by atoms with Gasteiger partial charge in [-0.2, -0.15) is 0 Å². The van der Waals surface area contributed by atoms with Gasteiger partial charge in [-0.05, 0) is 24.8 Å². The molecule has 1 fully saturated rings. The average Bonchev–Trinajstić information content (AvgIpc) is 3.07. The minimum absolute atomic E-state index is 0.141. The number of hydrogen-bond donors (Lipinski definition) is 2. The van der Waals surface area contributed by atoms with Gasteiger partial charge in [-0.25, -0.2) is 4.39 Å². The summed E-state index contributed by atoms with van der Waals surface area (Å²) in [6.45, 7) is 0.910. The maximum Gasteiger partial charge on any atom is 0.146 e. The minimum atomic E-state index is -0.377. The fourth-order valence-corrected chi connectivity index (χ4v) is 1.88. The molecule has 0 radical (unpaired) electrons. The molecule has 1 aromatic carbocycles. The number of aliphatic hydroxyl groups is 1. The second-order valence-electron chi connectivity index (χ2n) is 4.25. The first-order valence-electron chi connectivity index (χ1n) is 5.50. The summed E-state index contributed by atoms with van der Waals surface area (Å²) in [6.07, 6.45) is 1.91. The van der Waals surface area contributed by atoms with Gasteiger partial charge in [0, 0.05) is 18.7 Å². The zero-order valence-electron chi connectivity index (χ0n) is 8.92. The van der Waals surface area contributed by atoms with Crippen molar-refractivity contribution in [1.29, 1.82) is 0 Å². The Morgan fingerprint density at radius 3 is 2.94 bits per heavy atom. The van der Waals surface area contributed by atoms with E-state index in [0.29, 0.717) is 24.6 Å². The normalized spacial score (nSPS) is 17.4. The molecule has 2 rings (SSSR count). The molecule has 1 aliphatic carbocycles. The fraction of sp³-hybridized carbons (Fsp3) is 0.500. The molecule has 88 valence electrons. The Kier molecular flexibility index (Phi) is 3.79. The third-order valence-electron chi connectivity index (χ3n) is 2.87. The quantitative estimate of drug-likeness (QED) is 0.832. The Morgan fingerprint density at radius 1 is 1.50 bits per heavy atom. The molecule has 4 heteroatoms. The summed E-state index contributed by atoms with van der Waals surface area (Å²) in [4.78, 5) is 0. The summed E-state index contributed by atoms with van der Waals surface area (Å²) in [5.41, 5.74) is 0.537. The highest BCUT2D eigenvalue weighted by Crippen LogP contribution is 2.32. The molecule has 16 heavy (non-hydrogen) atoms. The van der Waals surface area contributed by atoms with Crippen molar-refractivity contribution in [3.8, 4) is 0 Å². The highest BCUT2D eigenvalue weighted by Gasteiger charge is 2.29. The van der Waals surface area contributed by atoms with Gasteiger partial charge < -0.3 is 10.4 Å². The lowest BCUT2D eigenvalue weighted by Crippen LogP contribution is -2.28. The second-order valence-corrected chi connectivity index (χ2v) is 4.66. The number of benzene rings is 1. The largest absolute Gasteiger partial charge is 0.392 e. The van der Waals surface area contributed by atoms with E-state index >= 15 is 0 Å². The van der Waals surface area contributed by atoms with Crippen molar-refractivity contribution < 1.29 is 9.50 Å². The Hall–Kier alpha value is -0.640. The Morgan fingerprint density at radius 2 is 2.25 bits per heavy atom. The summed E-state index contributed by atoms with van der Waals surface area (Å²) in [5.74, 6) is 0.0642. The van der Waals surface area contributed by atoms with Gasteiger partial charge in [-0.1, -0.05) is 23.7 Å². The fourth-order valence-electron chi connectivity index (χ4n) is 1.69. The van der Waals surface area contributed by atoms with Crippen LogP contribution in [0.15, 0.2) is 18.2 Å². The molecule has 1 unspecified atom stereocenters. The lowest BCUT2D eigenvalue weighted by atomic mass is 10.2. The van der Waals surface area contributed by atoms with Gasteiger partial charge in [0.25, 0.3) is 0 Å². The number of nitrogens with one attached hydrogen (secondary N) is 1. The molecular formula is C12H15ClFNO. The van der Waals surface area contributed by atoms with Gasteiger partial charge in [0.2, 0.25) is 0 Å². The summed E-state index contributed by atoms with van der Waals surface area (Å²) in [5, 5.41) is 12.8. The van der Waals surface area contributed by atoms with Crippen molar-refractivity contribution in [3.63, 3.8) is 0 Å². The second kappa shape index (κ2) is 5.13. The van der Waals surface area contributed by atoms with Crippen LogP contribution in [0.3, 0.4) is 0 Å². The van der Waals surface area contributed by atoms with Crippen LogP contribution in [0.2, 0.25) is 5.02 Å². The van der Waals surface area contributed by atoms with E-state index in [1.54, 1.807) is 12.1 Å². The molecule has 2 N–H and O–H groups in total. The standard InChI is InChI=1S/C12H15ClFNO/c13-10-3-1-2-9(12(10)14)6-15-7-11(16)8-4-5-8/h1-3,8,11,15-16H,4-7H2. The zero-order valence-corrected chi connectivity index (χ0v) is 9.67. The van der Waals surface area contributed by atoms with Crippen molar-refractivity contribution in [2.75, 3.05) is 6.54 Å². The van der Waals surface area contributed by atoms with Crippen LogP contribution in [-0.4, -0.2) is 17.8 Å². The summed E-state index contributed by atoms with van der Waals surface area (Å²) in [6, 6.07) is 4.94. The van der Waals surface area contributed by atoms with Gasteiger partial charge in [0.1, 0.15) is 5.82 Å². The number of rotatable bonds is 5. The monoisotopic (exact) mass is 243 g/mol. The van der Waals surface area contributed by atoms with E-state index in [1.165, 1.54) is 6.07 Å². The molecule has 0 spiro atoms. The maximum atomic E-state index is 13.5. The van der Waals surface area contributed by atoms with Crippen molar-refractivity contribution in [1.82, 2.24) is 5.32 Å². The van der Waals surface area contributed by atoms with Crippen LogP contribution < -0.4 is 5.32 Å². The van der Waals surface area contributed by atoms with Crippen LogP contribution in [0, 0.1) is 11.7 Å². The van der Waals surface area contributed by atoms with E-state index in [1.807, 2.05) is 0 Å². The molecule has 2 nitrogen and oxygen atoms in total. The average molecular weight is 244 g/mol. The van der Waals surface area contributed by atoms with E-state index in [0.717, 1.165) is 12.8 Å². The molecule has 0 aliphatic heterocycles. The van der Waals surface area contributed by atoms with Crippen molar-refractivity contribution in [3.05, 3.63) is 34.6 Å². The van der Waals surface area contributed by atoms with Gasteiger partial charge in [0.05, 0.1) is 11.1 Å². The van der Waals surface area contributed by atoms with Crippen LogP contribution in [0.1, 0.15) is 18.4 Å². The molecule has 0 bridgehead atoms. The summed E-state index contributed by atoms with van der Waals surface area (Å²) in [7, 11) is 0. The predicted octanol–water partition coefficient (Wildman–Crippen LogP) is 2.34. The maximum absolute atomic E-state index is 13.5. The van der Waals surface area contributed by atoms with Gasteiger partial charge in [0.15, 0.2) is 0 Å². The summed E-state index contributed by atoms with van der Waals surface area (Å²) >= 11 is 5.66. The lowest BCUT2D eigenvalue weighted by molar-refractivity contribution is 0.148. The molecule has 0 saturated heterocycles. The number of hydrogen-bond acceptors (Lipinski definition) is 2. The highest BCUT2D eigenvalue weighted by molar-refractivity contribution is 6.30. The minimum Gasteiger partial charge on any atom is -0.392 e. The Balaban J connectivity index is 1.82. The Labute approximate surface area is 99.4 Å². The SMILES string of the molecule is OC(CNCc1cccc(Cl)c1F)C1CC1. The smallest absolute Gasteiger partial charge is 0.146 e. The molecule has 0 aromatic heterocycles. The van der Waals surface area contributed by atoms with E-state index in [2.05, 4.69) is 5.32 Å². The van der Waals surface area contributed by atoms with Crippen LogP contribution in [0.5, 0.6) is 0 Å². The third-order valence-corrected chi connectivity index (χ3v) is 3.16. The lowest BCUT2D eigenvalue weighted by Gasteiger charge is -2.11. The first kappa shape index (κ1) is 11.8. The predicted molar refractivity (Wildman–Crippen MR) is 61.8 cm³/mol. The molecule has 1 aromatic rings. The topological polar surface area (TPSA) is 32.3 Å². The first-order chi connectivity index (χ1) is 7.68. The van der Waals surface area contributed by atoms with E-state index < -0.39 is 0 Å². The molecule has 0 amide bonds. The number of halogens is 2. The molecular weight excluding hydrogens is 229 g/mol. The van der Waals surface area contributed by atoms with Crippen LogP contribution in [0.25, 0.3) is 0 Å². The van der Waals surface area contributed by atoms with E-state index in [9.17, 15) is 9.50 Å². The van der Waals surface area contributed by atoms with Crippen molar-refractivity contribution >= 4 is 11.6 Å². The van der Waals surface area contributed by atoms with Crippen molar-refractivity contribution in [2.24, 2.45) is 5.92 Å². The van der Waals surface area contributed by atoms with E-state index in [4.69, 9.17) is 11.6 Å². The van der Waals surface area contributed by atoms with Gasteiger partial charge in [-0.15, -0.1) is 0 Å². The molecule has 0 heterocycles. The van der Waals surface area contributed by atoms with Gasteiger partial charge >= 0.3 is 0 Å². The molecule has 1 atom stereocenters. The first-order valence-corrected chi connectivity index (χ1v) is 5.88. The zero-order chi connectivity index (χ0) is 11.5. The van der Waals surface area contributed by atoms with Crippen molar-refractivity contribution in [2.45, 2.75) is 25.5 Å². The Bertz CT molecular complexity index is 368. The number of aliphatic hydroxyl groups excluding tert-OH is 1. The molecule has 1 saturated carbocycles. The third kappa shape index (κ3) is 2.94. The highest BCUT2D eigenvalue weighted by atomic mass is 35.5. The van der Waals surface area contributed by atoms with Crippen LogP contribution in [0.4, 0.5) is 4.39 Å². The van der Waals surface area contributed by atoms with Crippen LogP contribution in [-0.2, 0) is 6.54 Å². The van der Waals surface area contributed by atoms with E-state index in [-0.39, 0.29) is 16.9 Å².